The van der Waals surface area contributed by atoms with Gasteiger partial charge in [-0.1, -0.05) is 6.92 Å². The van der Waals surface area contributed by atoms with Crippen LogP contribution in [0.2, 0.25) is 0 Å². The molecule has 5 heteroatoms. The van der Waals surface area contributed by atoms with E-state index in [0.717, 1.165) is 48.9 Å². The van der Waals surface area contributed by atoms with Gasteiger partial charge in [-0.05, 0) is 56.4 Å². The van der Waals surface area contributed by atoms with Crippen LogP contribution in [0.5, 0.6) is 0 Å². The molecule has 4 nitrogen and oxygen atoms in total. The lowest BCUT2D eigenvalue weighted by molar-refractivity contribution is -0.150. The Bertz CT molecular complexity index is 742. The third-order valence-electron chi connectivity index (χ3n) is 5.16. The summed E-state index contributed by atoms with van der Waals surface area (Å²) in [6.07, 6.45) is 4.47. The number of fused-ring (bicyclic) bond motifs is 1. The highest BCUT2D eigenvalue weighted by atomic mass is 19.1. The number of carbonyl (C=O) groups is 1. The number of piperidine rings is 1. The van der Waals surface area contributed by atoms with Crippen molar-refractivity contribution in [2.45, 2.75) is 33.1 Å². The molecule has 0 bridgehead atoms. The predicted octanol–water partition coefficient (Wildman–Crippen LogP) is 4.18. The van der Waals surface area contributed by atoms with Gasteiger partial charge in [0, 0.05) is 30.4 Å². The van der Waals surface area contributed by atoms with Gasteiger partial charge in [0.25, 0.3) is 0 Å². The summed E-state index contributed by atoms with van der Waals surface area (Å²) in [6, 6.07) is 6.66. The fourth-order valence-corrected chi connectivity index (χ4v) is 3.86. The van der Waals surface area contributed by atoms with Gasteiger partial charge in [0.1, 0.15) is 5.82 Å². The number of esters is 1. The average molecular weight is 344 g/mol. The highest BCUT2D eigenvalue weighted by molar-refractivity contribution is 5.91. The van der Waals surface area contributed by atoms with E-state index < -0.39 is 0 Å². The molecule has 1 aromatic heterocycles. The van der Waals surface area contributed by atoms with Crippen LogP contribution in [0, 0.1) is 17.7 Å². The minimum absolute atomic E-state index is 0.0197. The smallest absolute Gasteiger partial charge is 0.309 e. The van der Waals surface area contributed by atoms with Crippen molar-refractivity contribution in [3.8, 4) is 0 Å². The van der Waals surface area contributed by atoms with Crippen LogP contribution >= 0.6 is 0 Å². The Morgan fingerprint density at radius 1 is 1.32 bits per heavy atom. The fraction of sp³-hybridized carbons (Fsp3) is 0.500. The average Bonchev–Trinajstić information content (AvgIpc) is 2.63. The van der Waals surface area contributed by atoms with E-state index in [1.165, 1.54) is 6.07 Å². The topological polar surface area (TPSA) is 42.4 Å². The number of carbonyl (C=O) groups excluding carboxylic acids is 1. The lowest BCUT2D eigenvalue weighted by atomic mass is 9.82. The molecule has 0 aliphatic carbocycles. The molecule has 1 saturated heterocycles. The van der Waals surface area contributed by atoms with E-state index in [4.69, 9.17) is 4.74 Å². The number of anilines is 1. The normalized spacial score (nSPS) is 16.8. The monoisotopic (exact) mass is 344 g/mol. The van der Waals surface area contributed by atoms with Gasteiger partial charge in [0.05, 0.1) is 18.0 Å². The van der Waals surface area contributed by atoms with E-state index in [1.807, 2.05) is 19.9 Å². The maximum Gasteiger partial charge on any atom is 0.309 e. The van der Waals surface area contributed by atoms with Crippen LogP contribution in [0.3, 0.4) is 0 Å². The number of benzene rings is 1. The van der Waals surface area contributed by atoms with Crippen LogP contribution in [0.1, 0.15) is 33.1 Å². The number of nitrogens with zero attached hydrogens (tertiary/aromatic N) is 2. The van der Waals surface area contributed by atoms with Gasteiger partial charge in [0.2, 0.25) is 0 Å². The van der Waals surface area contributed by atoms with E-state index in [2.05, 4.69) is 9.88 Å². The number of rotatable bonds is 5. The van der Waals surface area contributed by atoms with Gasteiger partial charge >= 0.3 is 5.97 Å². The van der Waals surface area contributed by atoms with E-state index in [-0.39, 0.29) is 17.7 Å². The predicted molar refractivity (Wildman–Crippen MR) is 97.1 cm³/mol. The standard InChI is InChI=1S/C20H25FN2O2/c1-3-16(20(24)25-4-2)14-8-11-23(12-9-14)19-7-10-22-18-6-5-15(21)13-17(18)19/h5-7,10,13-14,16H,3-4,8-9,11-12H2,1-2H3. The van der Waals surface area contributed by atoms with Crippen molar-refractivity contribution in [3.05, 3.63) is 36.3 Å². The number of halogens is 1. The minimum atomic E-state index is -0.245. The first-order valence-corrected chi connectivity index (χ1v) is 9.09. The van der Waals surface area contributed by atoms with Crippen molar-refractivity contribution in [1.82, 2.24) is 4.98 Å². The summed E-state index contributed by atoms with van der Waals surface area (Å²) >= 11 is 0. The quantitative estimate of drug-likeness (QED) is 0.763. The Kier molecular flexibility index (Phi) is 5.51. The molecule has 3 rings (SSSR count). The molecule has 0 N–H and O–H groups in total. The molecule has 134 valence electrons. The van der Waals surface area contributed by atoms with Gasteiger partial charge in [-0.3, -0.25) is 9.78 Å². The first-order chi connectivity index (χ1) is 12.1. The minimum Gasteiger partial charge on any atom is -0.466 e. The Hall–Kier alpha value is -2.17. The van der Waals surface area contributed by atoms with Crippen LogP contribution in [0.4, 0.5) is 10.1 Å². The molecule has 2 aromatic rings. The molecule has 1 aliphatic rings. The van der Waals surface area contributed by atoms with Crippen LogP contribution < -0.4 is 4.90 Å². The highest BCUT2D eigenvalue weighted by Crippen LogP contribution is 2.33. The molecule has 1 aliphatic heterocycles. The van der Waals surface area contributed by atoms with Gasteiger partial charge in [-0.15, -0.1) is 0 Å². The zero-order chi connectivity index (χ0) is 17.8. The van der Waals surface area contributed by atoms with E-state index >= 15 is 0 Å². The van der Waals surface area contributed by atoms with Crippen molar-refractivity contribution in [3.63, 3.8) is 0 Å². The van der Waals surface area contributed by atoms with E-state index in [0.29, 0.717) is 12.5 Å². The number of ether oxygens (including phenoxy) is 1. The Morgan fingerprint density at radius 3 is 2.76 bits per heavy atom. The number of hydrogen-bond donors (Lipinski definition) is 0. The second kappa shape index (κ2) is 7.81. The lowest BCUT2D eigenvalue weighted by Crippen LogP contribution is -2.38. The summed E-state index contributed by atoms with van der Waals surface area (Å²) in [5.74, 6) is 0.0174. The van der Waals surface area contributed by atoms with Crippen molar-refractivity contribution in [2.24, 2.45) is 11.8 Å². The van der Waals surface area contributed by atoms with E-state index in [1.54, 1.807) is 18.3 Å². The summed E-state index contributed by atoms with van der Waals surface area (Å²) in [5.41, 5.74) is 1.83. The third kappa shape index (κ3) is 3.75. The van der Waals surface area contributed by atoms with Crippen molar-refractivity contribution < 1.29 is 13.9 Å². The van der Waals surface area contributed by atoms with Gasteiger partial charge in [-0.2, -0.15) is 0 Å². The molecule has 0 spiro atoms. The molecule has 0 radical (unpaired) electrons. The number of aromatic nitrogens is 1. The number of pyridine rings is 1. The molecule has 0 saturated carbocycles. The molecule has 2 heterocycles. The second-order valence-electron chi connectivity index (χ2n) is 6.58. The van der Waals surface area contributed by atoms with Crippen LogP contribution in [-0.4, -0.2) is 30.6 Å². The fourth-order valence-electron chi connectivity index (χ4n) is 3.86. The molecule has 1 fully saturated rings. The maximum atomic E-state index is 13.7. The zero-order valence-electron chi connectivity index (χ0n) is 14.9. The second-order valence-corrected chi connectivity index (χ2v) is 6.58. The van der Waals surface area contributed by atoms with Crippen molar-refractivity contribution >= 4 is 22.6 Å². The third-order valence-corrected chi connectivity index (χ3v) is 5.16. The van der Waals surface area contributed by atoms with E-state index in [9.17, 15) is 9.18 Å². The van der Waals surface area contributed by atoms with Crippen molar-refractivity contribution in [2.75, 3.05) is 24.6 Å². The summed E-state index contributed by atoms with van der Waals surface area (Å²) in [5, 5.41) is 0.846. The maximum absolute atomic E-state index is 13.7. The Labute approximate surface area is 148 Å². The summed E-state index contributed by atoms with van der Waals surface area (Å²) < 4.78 is 18.9. The zero-order valence-corrected chi connectivity index (χ0v) is 14.9. The molecule has 25 heavy (non-hydrogen) atoms. The van der Waals surface area contributed by atoms with Gasteiger partial charge in [0.15, 0.2) is 0 Å². The summed E-state index contributed by atoms with van der Waals surface area (Å²) in [4.78, 5) is 18.8. The molecule has 1 aromatic carbocycles. The number of hydrogen-bond acceptors (Lipinski definition) is 4. The molecular weight excluding hydrogens is 319 g/mol. The molecule has 1 atom stereocenters. The van der Waals surface area contributed by atoms with Gasteiger partial charge < -0.3 is 9.64 Å². The molecule has 0 amide bonds. The first-order valence-electron chi connectivity index (χ1n) is 9.09. The Morgan fingerprint density at radius 2 is 2.08 bits per heavy atom. The first kappa shape index (κ1) is 17.6. The van der Waals surface area contributed by atoms with Crippen molar-refractivity contribution in [1.29, 1.82) is 0 Å². The lowest BCUT2D eigenvalue weighted by Gasteiger charge is -2.36. The summed E-state index contributed by atoms with van der Waals surface area (Å²) in [6.45, 7) is 6.04. The van der Waals surface area contributed by atoms with Crippen LogP contribution in [0.25, 0.3) is 10.9 Å². The highest BCUT2D eigenvalue weighted by Gasteiger charge is 2.31. The summed E-state index contributed by atoms with van der Waals surface area (Å²) in [7, 11) is 0. The molecular formula is C20H25FN2O2. The molecule has 1 unspecified atom stereocenters. The SMILES string of the molecule is CCOC(=O)C(CC)C1CCN(c2ccnc3ccc(F)cc23)CC1. The van der Waals surface area contributed by atoms with Crippen LogP contribution in [0.15, 0.2) is 30.5 Å². The van der Waals surface area contributed by atoms with Crippen LogP contribution in [-0.2, 0) is 9.53 Å². The largest absolute Gasteiger partial charge is 0.466 e. The van der Waals surface area contributed by atoms with Gasteiger partial charge in [-0.25, -0.2) is 4.39 Å². The Balaban J connectivity index is 1.74.